The van der Waals surface area contributed by atoms with E-state index in [2.05, 4.69) is 44.9 Å². The zero-order valence-corrected chi connectivity index (χ0v) is 27.3. The van der Waals surface area contributed by atoms with Gasteiger partial charge in [-0.2, -0.15) is 0 Å². The summed E-state index contributed by atoms with van der Waals surface area (Å²) in [6, 6.07) is 9.42. The van der Waals surface area contributed by atoms with E-state index >= 15 is 0 Å². The molecule has 12 nitrogen and oxygen atoms in total. The number of Topliss-reactive ketones (excluding diaryl/α,β-unsaturated/α-hetero) is 1. The number of hydrazine groups is 1. The fourth-order valence-electron chi connectivity index (χ4n) is 7.46. The molecule has 13 heteroatoms. The summed E-state index contributed by atoms with van der Waals surface area (Å²) in [6.45, 7) is 11.6. The number of guanidine groups is 1. The maximum absolute atomic E-state index is 13.8. The second-order valence-electron chi connectivity index (χ2n) is 14.1. The highest BCUT2D eigenvalue weighted by Crippen LogP contribution is 2.65. The van der Waals surface area contributed by atoms with Crippen LogP contribution >= 0.6 is 0 Å². The zero-order chi connectivity index (χ0) is 32.8. The number of nitro groups is 1. The molecule has 1 aromatic rings. The van der Waals surface area contributed by atoms with Crippen LogP contribution in [0, 0.1) is 39.2 Å². The summed E-state index contributed by atoms with van der Waals surface area (Å²) in [4.78, 5) is 41.4. The Morgan fingerprint density at radius 2 is 1.93 bits per heavy atom. The van der Waals surface area contributed by atoms with Gasteiger partial charge in [-0.05, 0) is 80.8 Å². The van der Waals surface area contributed by atoms with Gasteiger partial charge in [0.25, 0.3) is 5.96 Å². The quantitative estimate of drug-likeness (QED) is 0.0575. The Morgan fingerprint density at radius 3 is 2.60 bits per heavy atom. The number of hydrogen-bond donors (Lipinski definition) is 3. The molecule has 1 amide bonds. The second-order valence-corrected chi connectivity index (χ2v) is 14.1. The third kappa shape index (κ3) is 8.75. The monoisotopic (exact) mass is 627 g/mol. The van der Waals surface area contributed by atoms with E-state index in [9.17, 15) is 19.7 Å². The van der Waals surface area contributed by atoms with Crippen LogP contribution in [0.2, 0.25) is 0 Å². The lowest BCUT2D eigenvalue weighted by molar-refractivity contribution is -0.525. The van der Waals surface area contributed by atoms with Crippen LogP contribution in [0.1, 0.15) is 86.0 Å². The fourth-order valence-corrected chi connectivity index (χ4v) is 7.46. The Bertz CT molecular complexity index is 1220. The Labute approximate surface area is 266 Å². The first kappa shape index (κ1) is 34.7. The molecule has 6 atom stereocenters. The summed E-state index contributed by atoms with van der Waals surface area (Å²) in [7, 11) is -0.564. The average Bonchev–Trinajstić information content (AvgIpc) is 3.33. The van der Waals surface area contributed by atoms with Crippen LogP contribution in [-0.4, -0.2) is 60.6 Å². The van der Waals surface area contributed by atoms with Crippen molar-refractivity contribution in [3.63, 3.8) is 0 Å². The number of amides is 1. The van der Waals surface area contributed by atoms with E-state index in [1.807, 2.05) is 35.8 Å². The molecule has 0 spiro atoms. The molecule has 2 bridgehead atoms. The van der Waals surface area contributed by atoms with E-state index in [0.29, 0.717) is 44.1 Å². The topological polar surface area (TPSA) is 167 Å². The van der Waals surface area contributed by atoms with Gasteiger partial charge in [-0.15, -0.1) is 0 Å². The number of rotatable bonds is 17. The van der Waals surface area contributed by atoms with E-state index in [0.717, 1.165) is 18.6 Å². The molecule has 1 aromatic carbocycles. The highest BCUT2D eigenvalue weighted by atomic mass is 16.7. The van der Waals surface area contributed by atoms with E-state index < -0.39 is 23.7 Å². The van der Waals surface area contributed by atoms with Crippen molar-refractivity contribution in [1.82, 2.24) is 10.7 Å². The van der Waals surface area contributed by atoms with Crippen LogP contribution in [0.3, 0.4) is 0 Å². The van der Waals surface area contributed by atoms with Crippen molar-refractivity contribution in [2.45, 2.75) is 104 Å². The summed E-state index contributed by atoms with van der Waals surface area (Å²) >= 11 is 0. The van der Waals surface area contributed by atoms with Crippen LogP contribution in [0.25, 0.3) is 0 Å². The van der Waals surface area contributed by atoms with Gasteiger partial charge in [-0.1, -0.05) is 51.3 Å². The van der Waals surface area contributed by atoms with Crippen molar-refractivity contribution >= 4 is 24.8 Å². The summed E-state index contributed by atoms with van der Waals surface area (Å²) in [5.74, 6) is 0.512. The predicted octanol–water partition coefficient (Wildman–Crippen LogP) is 4.10. The van der Waals surface area contributed by atoms with Crippen LogP contribution in [0.4, 0.5) is 0 Å². The van der Waals surface area contributed by atoms with Crippen LogP contribution in [0.15, 0.2) is 35.3 Å². The minimum atomic E-state index is -0.780. The van der Waals surface area contributed by atoms with Gasteiger partial charge in [-0.25, -0.2) is 15.1 Å². The van der Waals surface area contributed by atoms with Gasteiger partial charge >= 0.3 is 7.12 Å². The van der Waals surface area contributed by atoms with Crippen molar-refractivity contribution in [3.05, 3.63) is 40.4 Å². The summed E-state index contributed by atoms with van der Waals surface area (Å²) < 4.78 is 19.0. The predicted molar refractivity (Wildman–Crippen MR) is 172 cm³/mol. The highest BCUT2D eigenvalue weighted by Gasteiger charge is 2.68. The fraction of sp³-hybridized carbons (Fsp3) is 0.719. The minimum Gasteiger partial charge on any atom is -0.494 e. The molecule has 4 fully saturated rings. The maximum Gasteiger partial charge on any atom is 0.481 e. The Kier molecular flexibility index (Phi) is 11.5. The van der Waals surface area contributed by atoms with Crippen LogP contribution < -0.4 is 21.2 Å². The third-order valence-electron chi connectivity index (χ3n) is 10.0. The Hall–Kier alpha value is -3.19. The van der Waals surface area contributed by atoms with E-state index in [-0.39, 0.29) is 60.4 Å². The molecule has 3 aliphatic carbocycles. The maximum atomic E-state index is 13.8. The lowest BCUT2D eigenvalue weighted by Crippen LogP contribution is -2.65. The third-order valence-corrected chi connectivity index (χ3v) is 10.0. The van der Waals surface area contributed by atoms with Gasteiger partial charge in [0.2, 0.25) is 5.91 Å². The molecule has 1 heterocycles. The Morgan fingerprint density at radius 1 is 1.20 bits per heavy atom. The lowest BCUT2D eigenvalue weighted by Gasteiger charge is -2.64. The van der Waals surface area contributed by atoms with E-state index in [1.54, 1.807) is 0 Å². The molecule has 3 saturated carbocycles. The number of para-hydroxylation sites is 1. The number of carbonyl (C=O) groups excluding carboxylic acids is 2. The molecule has 0 aromatic heterocycles. The number of nitrogens with two attached hydrogens (primary N) is 1. The summed E-state index contributed by atoms with van der Waals surface area (Å²) in [5.41, 5.74) is 7.17. The van der Waals surface area contributed by atoms with Crippen molar-refractivity contribution in [2.75, 3.05) is 13.2 Å². The molecule has 1 saturated heterocycles. The standard InChI is InChI=1S/C32H50BN5O7/c1-21(2)17-28(33-44-27-20-23-19-26(31(23,3)4)32(27,5)45-33)36-29(40)22(11-9-15-35-30(34)37-38(41)42)18-24(39)12-10-16-43-25-13-7-6-8-14-25/h6-8,13-14,21-23,26-28H,9-12,15-20H2,1-5H3,(H,36,40)(H3,34,35,37)/t22-,23+,26+,27-,28+,32+/m1/s1. The molecule has 4 N–H and O–H groups in total. The van der Waals surface area contributed by atoms with Gasteiger partial charge in [0.05, 0.1) is 24.3 Å². The van der Waals surface area contributed by atoms with Gasteiger partial charge < -0.3 is 25.1 Å². The number of aliphatic imine (C=N–C) groups is 1. The molecular weight excluding hydrogens is 577 g/mol. The van der Waals surface area contributed by atoms with Gasteiger partial charge in [0, 0.05) is 25.3 Å². The highest BCUT2D eigenvalue weighted by molar-refractivity contribution is 6.47. The number of carbonyl (C=O) groups is 2. The molecule has 0 unspecified atom stereocenters. The molecule has 1 aliphatic heterocycles. The molecule has 0 radical (unpaired) electrons. The number of ketones is 1. The normalized spacial score (nSPS) is 26.4. The Balaban J connectivity index is 1.38. The van der Waals surface area contributed by atoms with Gasteiger partial charge in [0.1, 0.15) is 11.5 Å². The van der Waals surface area contributed by atoms with E-state index in [4.69, 9.17) is 19.8 Å². The summed E-state index contributed by atoms with van der Waals surface area (Å²) in [6.07, 6.45) is 4.45. The molecule has 45 heavy (non-hydrogen) atoms. The first-order valence-electron chi connectivity index (χ1n) is 16.3. The first-order chi connectivity index (χ1) is 21.3. The van der Waals surface area contributed by atoms with Crippen molar-refractivity contribution in [3.8, 4) is 5.75 Å². The first-order valence-corrected chi connectivity index (χ1v) is 16.3. The van der Waals surface area contributed by atoms with Crippen molar-refractivity contribution in [2.24, 2.45) is 39.8 Å². The van der Waals surface area contributed by atoms with E-state index in [1.165, 1.54) is 0 Å². The zero-order valence-electron chi connectivity index (χ0n) is 27.3. The number of hydrogen-bond acceptors (Lipinski definition) is 8. The number of benzene rings is 1. The molecule has 248 valence electrons. The molecule has 5 rings (SSSR count). The minimum absolute atomic E-state index is 0.00239. The molecule has 4 aliphatic rings. The average molecular weight is 628 g/mol. The van der Waals surface area contributed by atoms with Crippen LogP contribution in [0.5, 0.6) is 5.75 Å². The number of nitrogens with one attached hydrogen (secondary N) is 2. The largest absolute Gasteiger partial charge is 0.494 e. The van der Waals surface area contributed by atoms with Gasteiger partial charge in [0.15, 0.2) is 5.03 Å². The SMILES string of the molecule is CC(C)C[C@H](NC(=O)[C@H](CCCN=C(N)N[N+](=O)[O-])CC(=O)CCCOc1ccccc1)B1O[C@@H]2C[C@@H]3C[C@@H](C3(C)C)[C@]2(C)O1. The molecular formula is C32H50BN5O7. The van der Waals surface area contributed by atoms with Crippen molar-refractivity contribution in [1.29, 1.82) is 0 Å². The lowest BCUT2D eigenvalue weighted by atomic mass is 9.43. The van der Waals surface area contributed by atoms with Gasteiger partial charge in [-0.3, -0.25) is 9.59 Å². The second kappa shape index (κ2) is 14.9. The number of nitrogens with zero attached hydrogens (tertiary/aromatic N) is 2. The van der Waals surface area contributed by atoms with Crippen molar-refractivity contribution < 1.29 is 28.7 Å². The smallest absolute Gasteiger partial charge is 0.481 e. The summed E-state index contributed by atoms with van der Waals surface area (Å²) in [5, 5.41) is 13.0. The van der Waals surface area contributed by atoms with Crippen LogP contribution in [-0.2, 0) is 18.9 Å². The number of ether oxygens (including phenoxy) is 1.